The molecule has 25 heavy (non-hydrogen) atoms. The van der Waals surface area contributed by atoms with Gasteiger partial charge in [-0.2, -0.15) is 0 Å². The lowest BCUT2D eigenvalue weighted by atomic mass is 10.1. The van der Waals surface area contributed by atoms with Crippen LogP contribution in [0.25, 0.3) is 0 Å². The van der Waals surface area contributed by atoms with E-state index in [0.717, 1.165) is 11.1 Å². The Balaban J connectivity index is 1.60. The van der Waals surface area contributed by atoms with E-state index in [4.69, 9.17) is 0 Å². The van der Waals surface area contributed by atoms with E-state index in [9.17, 15) is 14.4 Å². The lowest BCUT2D eigenvalue weighted by Gasteiger charge is -2.08. The van der Waals surface area contributed by atoms with Gasteiger partial charge in [0.15, 0.2) is 0 Å². The van der Waals surface area contributed by atoms with Crippen LogP contribution in [0.3, 0.4) is 0 Å². The summed E-state index contributed by atoms with van der Waals surface area (Å²) in [6, 6.07) is 18.8. The number of carbonyl (C=O) groups is 3. The minimum atomic E-state index is -0.406. The van der Waals surface area contributed by atoms with Crippen molar-refractivity contribution in [2.75, 3.05) is 13.1 Å². The van der Waals surface area contributed by atoms with Gasteiger partial charge >= 0.3 is 0 Å². The number of nitrogens with one attached hydrogen (secondary N) is 3. The van der Waals surface area contributed by atoms with Gasteiger partial charge in [0.2, 0.25) is 17.7 Å². The molecular weight excluding hydrogens is 318 g/mol. The molecule has 0 spiro atoms. The average molecular weight is 339 g/mol. The first-order valence-corrected chi connectivity index (χ1v) is 8.01. The number of amides is 3. The van der Waals surface area contributed by atoms with E-state index in [-0.39, 0.29) is 31.3 Å². The Kier molecular flexibility index (Phi) is 7.18. The van der Waals surface area contributed by atoms with Crippen LogP contribution in [0.15, 0.2) is 60.7 Å². The summed E-state index contributed by atoms with van der Waals surface area (Å²) in [5.41, 5.74) is 1.86. The fourth-order valence-corrected chi connectivity index (χ4v) is 2.12. The molecule has 0 unspecified atom stereocenters. The highest BCUT2D eigenvalue weighted by Gasteiger charge is 2.08. The maximum Gasteiger partial charge on any atom is 0.239 e. The molecule has 0 radical (unpaired) electrons. The molecule has 0 saturated carbocycles. The number of rotatable bonds is 8. The molecule has 3 amide bonds. The van der Waals surface area contributed by atoms with Crippen LogP contribution in [0.5, 0.6) is 0 Å². The molecule has 6 heteroatoms. The Hall–Kier alpha value is -3.15. The molecule has 2 rings (SSSR count). The second-order valence-electron chi connectivity index (χ2n) is 5.48. The smallest absolute Gasteiger partial charge is 0.239 e. The summed E-state index contributed by atoms with van der Waals surface area (Å²) in [6.07, 6.45) is 0.214. The summed E-state index contributed by atoms with van der Waals surface area (Å²) in [5, 5.41) is 7.71. The molecule has 3 N–H and O–H groups in total. The number of hydrogen-bond donors (Lipinski definition) is 3. The van der Waals surface area contributed by atoms with Crippen molar-refractivity contribution >= 4 is 17.7 Å². The van der Waals surface area contributed by atoms with Crippen LogP contribution in [0.4, 0.5) is 0 Å². The zero-order valence-corrected chi connectivity index (χ0v) is 13.8. The quantitative estimate of drug-likeness (QED) is 0.664. The molecule has 2 aromatic rings. The normalized spacial score (nSPS) is 9.92. The minimum absolute atomic E-state index is 0.125. The highest BCUT2D eigenvalue weighted by Crippen LogP contribution is 1.99. The molecule has 0 aromatic heterocycles. The molecule has 0 fully saturated rings. The van der Waals surface area contributed by atoms with Gasteiger partial charge in [0, 0.05) is 6.54 Å². The monoisotopic (exact) mass is 339 g/mol. The van der Waals surface area contributed by atoms with E-state index in [1.165, 1.54) is 0 Å². The summed E-state index contributed by atoms with van der Waals surface area (Å²) < 4.78 is 0. The molecule has 6 nitrogen and oxygen atoms in total. The van der Waals surface area contributed by atoms with Crippen molar-refractivity contribution < 1.29 is 14.4 Å². The third-order valence-corrected chi connectivity index (χ3v) is 3.43. The average Bonchev–Trinajstić information content (AvgIpc) is 2.64. The van der Waals surface area contributed by atoms with Gasteiger partial charge in [-0.1, -0.05) is 60.7 Å². The van der Waals surface area contributed by atoms with Crippen LogP contribution in [0.1, 0.15) is 11.1 Å². The van der Waals surface area contributed by atoms with Crippen LogP contribution < -0.4 is 16.0 Å². The van der Waals surface area contributed by atoms with Crippen molar-refractivity contribution in [2.24, 2.45) is 0 Å². The van der Waals surface area contributed by atoms with Gasteiger partial charge in [-0.05, 0) is 11.1 Å². The first-order valence-electron chi connectivity index (χ1n) is 8.01. The Morgan fingerprint density at radius 2 is 1.08 bits per heavy atom. The molecule has 2 aromatic carbocycles. The molecule has 0 heterocycles. The number of benzene rings is 2. The van der Waals surface area contributed by atoms with Crippen molar-refractivity contribution in [1.29, 1.82) is 0 Å². The van der Waals surface area contributed by atoms with Crippen molar-refractivity contribution in [3.63, 3.8) is 0 Å². The number of carbonyl (C=O) groups excluding carboxylic acids is 3. The summed E-state index contributed by atoms with van der Waals surface area (Å²) in [5.74, 6) is -0.932. The number of hydrogen-bond acceptors (Lipinski definition) is 3. The Morgan fingerprint density at radius 1 is 0.600 bits per heavy atom. The first kappa shape index (κ1) is 18.2. The molecule has 0 aliphatic rings. The summed E-state index contributed by atoms with van der Waals surface area (Å²) in [6.45, 7) is 0.126. The van der Waals surface area contributed by atoms with Gasteiger partial charge in [0.1, 0.15) is 0 Å². The molecule has 0 atom stereocenters. The predicted octanol–water partition coefficient (Wildman–Crippen LogP) is 0.778. The van der Waals surface area contributed by atoms with E-state index in [1.54, 1.807) is 0 Å². The zero-order valence-electron chi connectivity index (χ0n) is 13.8. The highest BCUT2D eigenvalue weighted by atomic mass is 16.2. The van der Waals surface area contributed by atoms with Crippen LogP contribution in [0.2, 0.25) is 0 Å². The van der Waals surface area contributed by atoms with E-state index in [2.05, 4.69) is 16.0 Å². The van der Waals surface area contributed by atoms with Gasteiger partial charge in [-0.15, -0.1) is 0 Å². The molecule has 130 valence electrons. The topological polar surface area (TPSA) is 87.3 Å². The highest BCUT2D eigenvalue weighted by molar-refractivity contribution is 5.88. The summed E-state index contributed by atoms with van der Waals surface area (Å²) in [4.78, 5) is 35.1. The lowest BCUT2D eigenvalue weighted by Crippen LogP contribution is -2.42. The van der Waals surface area contributed by atoms with Gasteiger partial charge in [0.25, 0.3) is 0 Å². The molecule has 0 aliphatic heterocycles. The summed E-state index contributed by atoms with van der Waals surface area (Å²) in [7, 11) is 0. The maximum absolute atomic E-state index is 11.7. The maximum atomic E-state index is 11.7. The fraction of sp³-hybridized carbons (Fsp3) is 0.211. The van der Waals surface area contributed by atoms with E-state index in [0.29, 0.717) is 6.54 Å². The van der Waals surface area contributed by atoms with Crippen LogP contribution >= 0.6 is 0 Å². The molecule has 0 aliphatic carbocycles. The van der Waals surface area contributed by atoms with Crippen molar-refractivity contribution in [3.05, 3.63) is 71.8 Å². The Labute approximate surface area is 146 Å². The second kappa shape index (κ2) is 9.87. The first-order chi connectivity index (χ1) is 12.1. The van der Waals surface area contributed by atoms with Crippen molar-refractivity contribution in [2.45, 2.75) is 13.0 Å². The third kappa shape index (κ3) is 7.30. The van der Waals surface area contributed by atoms with Gasteiger partial charge in [-0.3, -0.25) is 14.4 Å². The SMILES string of the molecule is O=C(CNC(=O)Cc1ccccc1)NCC(=O)NCc1ccccc1. The minimum Gasteiger partial charge on any atom is -0.350 e. The zero-order chi connectivity index (χ0) is 17.9. The van der Waals surface area contributed by atoms with Crippen molar-refractivity contribution in [3.8, 4) is 0 Å². The van der Waals surface area contributed by atoms with E-state index >= 15 is 0 Å². The predicted molar refractivity (Wildman–Crippen MR) is 94.5 cm³/mol. The van der Waals surface area contributed by atoms with Gasteiger partial charge in [-0.25, -0.2) is 0 Å². The van der Waals surface area contributed by atoms with E-state index < -0.39 is 5.91 Å². The van der Waals surface area contributed by atoms with Crippen LogP contribution in [-0.2, 0) is 27.3 Å². The molecule has 0 bridgehead atoms. The van der Waals surface area contributed by atoms with Gasteiger partial charge < -0.3 is 16.0 Å². The van der Waals surface area contributed by atoms with E-state index in [1.807, 2.05) is 60.7 Å². The lowest BCUT2D eigenvalue weighted by molar-refractivity contribution is -0.127. The fourth-order valence-electron chi connectivity index (χ4n) is 2.12. The van der Waals surface area contributed by atoms with Gasteiger partial charge in [0.05, 0.1) is 19.5 Å². The largest absolute Gasteiger partial charge is 0.350 e. The second-order valence-corrected chi connectivity index (χ2v) is 5.48. The Morgan fingerprint density at radius 3 is 1.68 bits per heavy atom. The standard InChI is InChI=1S/C19H21N3O3/c23-17(11-15-7-3-1-4-8-15)21-13-19(25)22-14-18(24)20-12-16-9-5-2-6-10-16/h1-10H,11-14H2,(H,20,24)(H,21,23)(H,22,25). The van der Waals surface area contributed by atoms with Crippen molar-refractivity contribution in [1.82, 2.24) is 16.0 Å². The third-order valence-electron chi connectivity index (χ3n) is 3.43. The molecule has 0 saturated heterocycles. The molecular formula is C19H21N3O3. The van der Waals surface area contributed by atoms with Crippen LogP contribution in [0, 0.1) is 0 Å². The van der Waals surface area contributed by atoms with Crippen LogP contribution in [-0.4, -0.2) is 30.8 Å². The summed E-state index contributed by atoms with van der Waals surface area (Å²) >= 11 is 0. The Bertz CT molecular complexity index is 702.